The fourth-order valence-electron chi connectivity index (χ4n) is 2.11. The molecule has 6 heteroatoms. The highest BCUT2D eigenvalue weighted by molar-refractivity contribution is 6.31. The third-order valence-corrected chi connectivity index (χ3v) is 3.48. The number of benzene rings is 1. The zero-order valence-corrected chi connectivity index (χ0v) is 11.1. The van der Waals surface area contributed by atoms with Crippen molar-refractivity contribution in [2.24, 2.45) is 5.92 Å². The number of nitrogens with zero attached hydrogens (tertiary/aromatic N) is 1. The lowest BCUT2D eigenvalue weighted by Crippen LogP contribution is -2.26. The summed E-state index contributed by atoms with van der Waals surface area (Å²) >= 11 is 5.91. The molecule has 4 nitrogen and oxygen atoms in total. The number of hydrogen-bond donors (Lipinski definition) is 0. The number of esters is 1. The van der Waals surface area contributed by atoms with Crippen molar-refractivity contribution >= 4 is 23.5 Å². The Hall–Kier alpha value is -1.62. The first-order chi connectivity index (χ1) is 9.01. The van der Waals surface area contributed by atoms with Gasteiger partial charge in [0, 0.05) is 24.5 Å². The van der Waals surface area contributed by atoms with Crippen LogP contribution in [-0.2, 0) is 20.9 Å². The van der Waals surface area contributed by atoms with Gasteiger partial charge in [-0.05, 0) is 17.7 Å². The van der Waals surface area contributed by atoms with E-state index >= 15 is 0 Å². The van der Waals surface area contributed by atoms with Crippen molar-refractivity contribution in [3.63, 3.8) is 0 Å². The quantitative estimate of drug-likeness (QED) is 0.798. The Kier molecular flexibility index (Phi) is 4.04. The molecule has 1 fully saturated rings. The number of ether oxygens (including phenoxy) is 1. The monoisotopic (exact) mass is 285 g/mol. The Labute approximate surface area is 115 Å². The van der Waals surface area contributed by atoms with Crippen LogP contribution in [0.4, 0.5) is 4.39 Å². The summed E-state index contributed by atoms with van der Waals surface area (Å²) in [5.41, 5.74) is 0.655. The van der Waals surface area contributed by atoms with Crippen LogP contribution in [0.3, 0.4) is 0 Å². The summed E-state index contributed by atoms with van der Waals surface area (Å²) < 4.78 is 17.6. The highest BCUT2D eigenvalue weighted by Gasteiger charge is 2.35. The smallest absolute Gasteiger partial charge is 0.310 e. The maximum Gasteiger partial charge on any atom is 0.310 e. The number of likely N-dealkylation sites (tertiary alicyclic amines) is 1. The molecular formula is C13H13ClFNO3. The van der Waals surface area contributed by atoms with Gasteiger partial charge < -0.3 is 9.64 Å². The molecular weight excluding hydrogens is 273 g/mol. The Morgan fingerprint density at radius 2 is 2.32 bits per heavy atom. The molecule has 0 N–H and O–H groups in total. The normalized spacial score (nSPS) is 18.8. The molecule has 0 saturated carbocycles. The van der Waals surface area contributed by atoms with Crippen molar-refractivity contribution in [3.05, 3.63) is 34.6 Å². The number of hydrogen-bond acceptors (Lipinski definition) is 3. The van der Waals surface area contributed by atoms with Gasteiger partial charge in [0.1, 0.15) is 5.82 Å². The summed E-state index contributed by atoms with van der Waals surface area (Å²) in [4.78, 5) is 24.7. The van der Waals surface area contributed by atoms with Crippen LogP contribution in [0.15, 0.2) is 18.2 Å². The summed E-state index contributed by atoms with van der Waals surface area (Å²) in [6, 6.07) is 4.03. The minimum absolute atomic E-state index is 0.129. The molecule has 1 saturated heterocycles. The molecule has 19 heavy (non-hydrogen) atoms. The fraction of sp³-hybridized carbons (Fsp3) is 0.385. The number of methoxy groups -OCH3 is 1. The standard InChI is InChI=1S/C13H13ClFNO3/c1-19-13(18)9-4-12(17)16(7-9)6-8-2-3-10(15)5-11(8)14/h2-3,5,9H,4,6-7H2,1H3. The van der Waals surface area contributed by atoms with Crippen molar-refractivity contribution in [2.45, 2.75) is 13.0 Å². The second-order valence-corrected chi connectivity index (χ2v) is 4.84. The molecule has 0 aliphatic carbocycles. The van der Waals surface area contributed by atoms with Crippen LogP contribution in [0.2, 0.25) is 5.02 Å². The van der Waals surface area contributed by atoms with Gasteiger partial charge in [-0.2, -0.15) is 0 Å². The van der Waals surface area contributed by atoms with Crippen LogP contribution < -0.4 is 0 Å². The van der Waals surface area contributed by atoms with E-state index in [4.69, 9.17) is 11.6 Å². The Morgan fingerprint density at radius 3 is 2.95 bits per heavy atom. The largest absolute Gasteiger partial charge is 0.469 e. The molecule has 1 aromatic rings. The van der Waals surface area contributed by atoms with Crippen LogP contribution in [-0.4, -0.2) is 30.4 Å². The topological polar surface area (TPSA) is 46.6 Å². The van der Waals surface area contributed by atoms with E-state index in [2.05, 4.69) is 4.74 Å². The van der Waals surface area contributed by atoms with Gasteiger partial charge in [0.25, 0.3) is 0 Å². The van der Waals surface area contributed by atoms with E-state index in [0.29, 0.717) is 12.1 Å². The highest BCUT2D eigenvalue weighted by atomic mass is 35.5. The predicted molar refractivity (Wildman–Crippen MR) is 67.0 cm³/mol. The van der Waals surface area contributed by atoms with Gasteiger partial charge in [0.2, 0.25) is 5.91 Å². The van der Waals surface area contributed by atoms with Crippen molar-refractivity contribution in [1.29, 1.82) is 0 Å². The van der Waals surface area contributed by atoms with Gasteiger partial charge in [-0.1, -0.05) is 17.7 Å². The van der Waals surface area contributed by atoms with E-state index in [1.165, 1.54) is 30.2 Å². The summed E-state index contributed by atoms with van der Waals surface area (Å²) in [6.07, 6.45) is 0.144. The molecule has 102 valence electrons. The maximum absolute atomic E-state index is 12.9. The SMILES string of the molecule is COC(=O)C1CC(=O)N(Cc2ccc(F)cc2Cl)C1. The Balaban J connectivity index is 2.07. The molecule has 1 atom stereocenters. The fourth-order valence-corrected chi connectivity index (χ4v) is 2.33. The van der Waals surface area contributed by atoms with Gasteiger partial charge in [-0.15, -0.1) is 0 Å². The Bertz CT molecular complexity index is 521. The van der Waals surface area contributed by atoms with Gasteiger partial charge >= 0.3 is 5.97 Å². The lowest BCUT2D eigenvalue weighted by Gasteiger charge is -2.17. The van der Waals surface area contributed by atoms with Crippen LogP contribution >= 0.6 is 11.6 Å². The minimum atomic E-state index is -0.434. The molecule has 1 heterocycles. The van der Waals surface area contributed by atoms with E-state index in [0.717, 1.165) is 0 Å². The van der Waals surface area contributed by atoms with E-state index in [1.54, 1.807) is 0 Å². The molecule has 1 unspecified atom stereocenters. The number of rotatable bonds is 3. The van der Waals surface area contributed by atoms with E-state index < -0.39 is 11.7 Å². The maximum atomic E-state index is 12.9. The van der Waals surface area contributed by atoms with Gasteiger partial charge in [0.15, 0.2) is 0 Å². The number of carbonyl (C=O) groups is 2. The Morgan fingerprint density at radius 1 is 1.58 bits per heavy atom. The van der Waals surface area contributed by atoms with Crippen LogP contribution in [0.25, 0.3) is 0 Å². The van der Waals surface area contributed by atoms with Crippen molar-refractivity contribution in [1.82, 2.24) is 4.90 Å². The zero-order chi connectivity index (χ0) is 14.0. The molecule has 0 spiro atoms. The lowest BCUT2D eigenvalue weighted by atomic mass is 10.1. The zero-order valence-electron chi connectivity index (χ0n) is 10.4. The third-order valence-electron chi connectivity index (χ3n) is 3.13. The van der Waals surface area contributed by atoms with Crippen LogP contribution in [0.1, 0.15) is 12.0 Å². The molecule has 0 bridgehead atoms. The van der Waals surface area contributed by atoms with Crippen molar-refractivity contribution in [3.8, 4) is 0 Å². The van der Waals surface area contributed by atoms with Gasteiger partial charge in [-0.25, -0.2) is 4.39 Å². The van der Waals surface area contributed by atoms with Crippen LogP contribution in [0, 0.1) is 11.7 Å². The first-order valence-corrected chi connectivity index (χ1v) is 6.18. The summed E-state index contributed by atoms with van der Waals surface area (Å²) in [5, 5.41) is 0.273. The second-order valence-electron chi connectivity index (χ2n) is 4.43. The molecule has 0 aromatic heterocycles. The van der Waals surface area contributed by atoms with Crippen LogP contribution in [0.5, 0.6) is 0 Å². The summed E-state index contributed by atoms with van der Waals surface area (Å²) in [6.45, 7) is 0.574. The number of amides is 1. The van der Waals surface area contributed by atoms with Crippen molar-refractivity contribution in [2.75, 3.05) is 13.7 Å². The van der Waals surface area contributed by atoms with Crippen molar-refractivity contribution < 1.29 is 18.7 Å². The number of halogens is 2. The summed E-state index contributed by atoms with van der Waals surface area (Å²) in [5.74, 6) is -1.37. The average Bonchev–Trinajstić information content (AvgIpc) is 2.73. The minimum Gasteiger partial charge on any atom is -0.469 e. The second kappa shape index (κ2) is 5.57. The van der Waals surface area contributed by atoms with E-state index in [1.807, 2.05) is 0 Å². The predicted octanol–water partition coefficient (Wildman–Crippen LogP) is 2.00. The van der Waals surface area contributed by atoms with E-state index in [9.17, 15) is 14.0 Å². The molecule has 1 aliphatic heterocycles. The lowest BCUT2D eigenvalue weighted by molar-refractivity contribution is -0.145. The highest BCUT2D eigenvalue weighted by Crippen LogP contribution is 2.24. The molecule has 0 radical (unpaired) electrons. The molecule has 1 amide bonds. The third kappa shape index (κ3) is 3.04. The average molecular weight is 286 g/mol. The molecule has 1 aromatic carbocycles. The van der Waals surface area contributed by atoms with Gasteiger partial charge in [-0.3, -0.25) is 9.59 Å². The summed E-state index contributed by atoms with van der Waals surface area (Å²) in [7, 11) is 1.30. The van der Waals surface area contributed by atoms with Gasteiger partial charge in [0.05, 0.1) is 13.0 Å². The van der Waals surface area contributed by atoms with E-state index in [-0.39, 0.29) is 29.9 Å². The first-order valence-electron chi connectivity index (χ1n) is 5.80. The number of carbonyl (C=O) groups excluding carboxylic acids is 2. The molecule has 1 aliphatic rings. The first kappa shape index (κ1) is 13.8. The molecule has 2 rings (SSSR count).